The van der Waals surface area contributed by atoms with E-state index >= 15 is 0 Å². The molecule has 3 aromatic rings. The van der Waals surface area contributed by atoms with E-state index in [0.717, 1.165) is 17.5 Å². The molecule has 5 nitrogen and oxygen atoms in total. The third-order valence-electron chi connectivity index (χ3n) is 4.82. The molecule has 0 fully saturated rings. The zero-order valence-corrected chi connectivity index (χ0v) is 16.8. The van der Waals surface area contributed by atoms with Crippen LogP contribution in [0, 0.1) is 0 Å². The Balaban J connectivity index is 1.58. The van der Waals surface area contributed by atoms with Gasteiger partial charge in [0.05, 0.1) is 0 Å². The van der Waals surface area contributed by atoms with Crippen LogP contribution < -0.4 is 0 Å². The van der Waals surface area contributed by atoms with Crippen molar-refractivity contribution in [3.8, 4) is 0 Å². The Morgan fingerprint density at radius 3 is 1.86 bits per heavy atom. The minimum absolute atomic E-state index is 0.0595. The quantitative estimate of drug-likeness (QED) is 0.622. The van der Waals surface area contributed by atoms with Gasteiger partial charge in [0.15, 0.2) is 0 Å². The number of nitrogens with zero attached hydrogens (tertiary/aromatic N) is 3. The van der Waals surface area contributed by atoms with Gasteiger partial charge in [0.25, 0.3) is 11.8 Å². The van der Waals surface area contributed by atoms with Crippen molar-refractivity contribution < 1.29 is 9.59 Å². The summed E-state index contributed by atoms with van der Waals surface area (Å²) in [4.78, 5) is 32.7. The lowest BCUT2D eigenvalue weighted by Crippen LogP contribution is -2.29. The predicted molar refractivity (Wildman–Crippen MR) is 114 cm³/mol. The van der Waals surface area contributed by atoms with Crippen LogP contribution in [-0.4, -0.2) is 47.2 Å². The Bertz CT molecular complexity index is 941. The van der Waals surface area contributed by atoms with Crippen molar-refractivity contribution in [2.45, 2.75) is 13.0 Å². The van der Waals surface area contributed by atoms with Crippen molar-refractivity contribution >= 4 is 11.8 Å². The lowest BCUT2D eigenvalue weighted by atomic mass is 10.1. The molecular formula is C24H25N3O2. The van der Waals surface area contributed by atoms with Crippen molar-refractivity contribution in [3.63, 3.8) is 0 Å². The average Bonchev–Trinajstić information content (AvgIpc) is 2.78. The molecule has 1 aromatic heterocycles. The Hall–Kier alpha value is -3.47. The molecule has 148 valence electrons. The smallest absolute Gasteiger partial charge is 0.253 e. The van der Waals surface area contributed by atoms with Crippen LogP contribution in [0.4, 0.5) is 0 Å². The second kappa shape index (κ2) is 9.64. The number of carbonyl (C=O) groups is 2. The number of benzene rings is 2. The van der Waals surface area contributed by atoms with Gasteiger partial charge < -0.3 is 9.80 Å². The van der Waals surface area contributed by atoms with E-state index in [-0.39, 0.29) is 11.8 Å². The Labute approximate surface area is 171 Å². The standard InChI is InChI=1S/C24H25N3O2/c1-26(17-14-19-12-15-25-16-13-19)23(28)21-8-10-22(11-9-21)24(29)27(2)18-20-6-4-3-5-7-20/h3-13,15-16H,14,17-18H2,1-2H3. The van der Waals surface area contributed by atoms with E-state index in [1.807, 2.05) is 42.5 Å². The van der Waals surface area contributed by atoms with E-state index in [1.165, 1.54) is 0 Å². The number of rotatable bonds is 7. The van der Waals surface area contributed by atoms with E-state index in [0.29, 0.717) is 24.2 Å². The highest BCUT2D eigenvalue weighted by Gasteiger charge is 2.15. The number of carbonyl (C=O) groups excluding carboxylic acids is 2. The number of likely N-dealkylation sites (N-methyl/N-ethyl adjacent to an activating group) is 1. The van der Waals surface area contributed by atoms with Crippen LogP contribution in [0.5, 0.6) is 0 Å². The van der Waals surface area contributed by atoms with Gasteiger partial charge in [-0.25, -0.2) is 0 Å². The molecule has 0 aliphatic carbocycles. The number of hydrogen-bond donors (Lipinski definition) is 0. The average molecular weight is 387 g/mol. The van der Waals surface area contributed by atoms with E-state index in [4.69, 9.17) is 0 Å². The summed E-state index contributed by atoms with van der Waals surface area (Å²) in [5, 5.41) is 0. The van der Waals surface area contributed by atoms with Crippen LogP contribution in [-0.2, 0) is 13.0 Å². The molecule has 5 heteroatoms. The number of pyridine rings is 1. The lowest BCUT2D eigenvalue weighted by Gasteiger charge is -2.19. The molecular weight excluding hydrogens is 362 g/mol. The van der Waals surface area contributed by atoms with Crippen molar-refractivity contribution in [1.82, 2.24) is 14.8 Å². The number of aromatic nitrogens is 1. The first-order chi connectivity index (χ1) is 14.0. The Kier molecular flexibility index (Phi) is 6.74. The van der Waals surface area contributed by atoms with Crippen molar-refractivity contribution in [1.29, 1.82) is 0 Å². The highest BCUT2D eigenvalue weighted by molar-refractivity contribution is 5.97. The summed E-state index contributed by atoms with van der Waals surface area (Å²) in [6.07, 6.45) is 4.27. The SMILES string of the molecule is CN(CCc1ccncc1)C(=O)c1ccc(C(=O)N(C)Cc2ccccc2)cc1. The first-order valence-corrected chi connectivity index (χ1v) is 9.58. The van der Waals surface area contributed by atoms with Crippen molar-refractivity contribution in [2.24, 2.45) is 0 Å². The predicted octanol–water partition coefficient (Wildman–Crippen LogP) is 3.67. The molecule has 1 heterocycles. The van der Waals surface area contributed by atoms with Gasteiger partial charge in [0.2, 0.25) is 0 Å². The molecule has 0 aliphatic heterocycles. The zero-order valence-electron chi connectivity index (χ0n) is 16.8. The van der Waals surface area contributed by atoms with Gasteiger partial charge in [0, 0.05) is 50.7 Å². The second-order valence-electron chi connectivity index (χ2n) is 7.06. The third-order valence-corrected chi connectivity index (χ3v) is 4.82. The first-order valence-electron chi connectivity index (χ1n) is 9.58. The van der Waals surface area contributed by atoms with Gasteiger partial charge >= 0.3 is 0 Å². The summed E-state index contributed by atoms with van der Waals surface area (Å²) >= 11 is 0. The summed E-state index contributed by atoms with van der Waals surface area (Å²) in [7, 11) is 3.57. The van der Waals surface area contributed by atoms with E-state index in [1.54, 1.807) is 60.6 Å². The first kappa shape index (κ1) is 20.3. The maximum absolute atomic E-state index is 12.6. The summed E-state index contributed by atoms with van der Waals surface area (Å²) in [5.74, 6) is -0.130. The molecule has 0 N–H and O–H groups in total. The van der Waals surface area contributed by atoms with Gasteiger partial charge in [-0.05, 0) is 53.9 Å². The summed E-state index contributed by atoms with van der Waals surface area (Å²) in [6.45, 7) is 1.15. The molecule has 0 radical (unpaired) electrons. The Morgan fingerprint density at radius 1 is 0.724 bits per heavy atom. The van der Waals surface area contributed by atoms with E-state index in [9.17, 15) is 9.59 Å². The van der Waals surface area contributed by atoms with Gasteiger partial charge in [-0.15, -0.1) is 0 Å². The fourth-order valence-electron chi connectivity index (χ4n) is 3.07. The lowest BCUT2D eigenvalue weighted by molar-refractivity contribution is 0.0778. The highest BCUT2D eigenvalue weighted by Crippen LogP contribution is 2.12. The molecule has 0 saturated carbocycles. The molecule has 29 heavy (non-hydrogen) atoms. The van der Waals surface area contributed by atoms with Gasteiger partial charge in [-0.1, -0.05) is 30.3 Å². The molecule has 0 unspecified atom stereocenters. The van der Waals surface area contributed by atoms with Crippen LogP contribution >= 0.6 is 0 Å². The maximum atomic E-state index is 12.6. The van der Waals surface area contributed by atoms with Gasteiger partial charge in [-0.3, -0.25) is 14.6 Å². The number of amides is 2. The second-order valence-corrected chi connectivity index (χ2v) is 7.06. The monoisotopic (exact) mass is 387 g/mol. The molecule has 2 aromatic carbocycles. The molecule has 0 aliphatic rings. The normalized spacial score (nSPS) is 10.4. The van der Waals surface area contributed by atoms with E-state index in [2.05, 4.69) is 4.98 Å². The van der Waals surface area contributed by atoms with E-state index < -0.39 is 0 Å². The molecule has 2 amide bonds. The zero-order chi connectivity index (χ0) is 20.6. The molecule has 0 spiro atoms. The summed E-state index contributed by atoms with van der Waals surface area (Å²) in [5.41, 5.74) is 3.36. The molecule has 3 rings (SSSR count). The van der Waals surface area contributed by atoms with Crippen molar-refractivity contribution in [3.05, 3.63) is 101 Å². The molecule has 0 bridgehead atoms. The van der Waals surface area contributed by atoms with Crippen LogP contribution in [0.1, 0.15) is 31.8 Å². The third kappa shape index (κ3) is 5.51. The van der Waals surface area contributed by atoms with Crippen LogP contribution in [0.2, 0.25) is 0 Å². The minimum atomic E-state index is -0.0705. The maximum Gasteiger partial charge on any atom is 0.253 e. The van der Waals surface area contributed by atoms with Crippen LogP contribution in [0.25, 0.3) is 0 Å². The van der Waals surface area contributed by atoms with Crippen molar-refractivity contribution in [2.75, 3.05) is 20.6 Å². The summed E-state index contributed by atoms with van der Waals surface area (Å²) < 4.78 is 0. The van der Waals surface area contributed by atoms with Gasteiger partial charge in [0.1, 0.15) is 0 Å². The topological polar surface area (TPSA) is 53.5 Å². The molecule has 0 saturated heterocycles. The largest absolute Gasteiger partial charge is 0.341 e. The summed E-state index contributed by atoms with van der Waals surface area (Å²) in [6, 6.07) is 20.6. The van der Waals surface area contributed by atoms with Crippen LogP contribution in [0.3, 0.4) is 0 Å². The minimum Gasteiger partial charge on any atom is -0.341 e. The fourth-order valence-corrected chi connectivity index (χ4v) is 3.07. The molecule has 0 atom stereocenters. The Morgan fingerprint density at radius 2 is 1.28 bits per heavy atom. The number of hydrogen-bond acceptors (Lipinski definition) is 3. The van der Waals surface area contributed by atoms with Gasteiger partial charge in [-0.2, -0.15) is 0 Å². The fraction of sp³-hybridized carbons (Fsp3) is 0.208. The highest BCUT2D eigenvalue weighted by atomic mass is 16.2. The van der Waals surface area contributed by atoms with Crippen LogP contribution in [0.15, 0.2) is 79.1 Å².